The smallest absolute Gasteiger partial charge is 0.210 e. The van der Waals surface area contributed by atoms with E-state index in [2.05, 4.69) is 29.6 Å². The summed E-state index contributed by atoms with van der Waals surface area (Å²) in [6, 6.07) is 4.53. The number of nitrogens with zero attached hydrogens (tertiary/aromatic N) is 1. The molecule has 1 rings (SSSR count). The number of hydrazine groups is 1. The van der Waals surface area contributed by atoms with Gasteiger partial charge in [-0.25, -0.2) is 10.2 Å². The molecule has 0 saturated carbocycles. The number of halogens is 1. The van der Waals surface area contributed by atoms with E-state index >= 15 is 0 Å². The Kier molecular flexibility index (Phi) is 4.90. The zero-order valence-corrected chi connectivity index (χ0v) is 10.4. The van der Waals surface area contributed by atoms with E-state index in [4.69, 9.17) is 5.84 Å². The van der Waals surface area contributed by atoms with Crippen molar-refractivity contribution in [2.45, 2.75) is 20.8 Å². The van der Waals surface area contributed by atoms with Crippen LogP contribution in [0.1, 0.15) is 19.4 Å². The van der Waals surface area contributed by atoms with E-state index in [0.29, 0.717) is 24.1 Å². The average Bonchev–Trinajstić information content (AvgIpc) is 2.28. The maximum atomic E-state index is 13.1. The lowest BCUT2D eigenvalue weighted by atomic mass is 10.2. The second-order valence-electron chi connectivity index (χ2n) is 4.31. The number of aliphatic imine (C=N–C) groups is 1. The predicted molar refractivity (Wildman–Crippen MR) is 69.2 cm³/mol. The van der Waals surface area contributed by atoms with Crippen molar-refractivity contribution in [2.24, 2.45) is 16.8 Å². The van der Waals surface area contributed by atoms with E-state index in [1.54, 1.807) is 6.07 Å². The number of anilines is 1. The van der Waals surface area contributed by atoms with Crippen LogP contribution in [0.25, 0.3) is 0 Å². The summed E-state index contributed by atoms with van der Waals surface area (Å²) in [4.78, 5) is 4.25. The Morgan fingerprint density at radius 2 is 2.18 bits per heavy atom. The molecule has 0 aromatic heterocycles. The van der Waals surface area contributed by atoms with Crippen molar-refractivity contribution in [1.29, 1.82) is 0 Å². The number of hydrogen-bond acceptors (Lipinski definition) is 2. The molecule has 0 saturated heterocycles. The lowest BCUT2D eigenvalue weighted by Crippen LogP contribution is -2.36. The van der Waals surface area contributed by atoms with Crippen molar-refractivity contribution in [1.82, 2.24) is 5.43 Å². The number of nitrogens with one attached hydrogen (secondary N) is 2. The number of rotatable bonds is 3. The van der Waals surface area contributed by atoms with E-state index in [-0.39, 0.29) is 5.82 Å². The van der Waals surface area contributed by atoms with Crippen molar-refractivity contribution in [3.63, 3.8) is 0 Å². The molecule has 1 aromatic carbocycles. The molecular formula is C12H19FN4. The normalized spacial score (nSPS) is 11.8. The SMILES string of the molecule is Cc1ccc(F)cc1NC(=NCC(C)C)NN. The molecule has 0 aliphatic heterocycles. The van der Waals surface area contributed by atoms with Crippen LogP contribution in [0, 0.1) is 18.7 Å². The van der Waals surface area contributed by atoms with Crippen molar-refractivity contribution >= 4 is 11.6 Å². The number of aryl methyl sites for hydroxylation is 1. The van der Waals surface area contributed by atoms with Gasteiger partial charge in [0.2, 0.25) is 5.96 Å². The maximum absolute atomic E-state index is 13.1. The minimum atomic E-state index is -0.293. The molecule has 1 aromatic rings. The van der Waals surface area contributed by atoms with E-state index in [0.717, 1.165) is 5.56 Å². The fraction of sp³-hybridized carbons (Fsp3) is 0.417. The molecule has 4 nitrogen and oxygen atoms in total. The third-order valence-corrected chi connectivity index (χ3v) is 2.20. The second-order valence-corrected chi connectivity index (χ2v) is 4.31. The van der Waals surface area contributed by atoms with E-state index in [1.165, 1.54) is 12.1 Å². The first-order valence-corrected chi connectivity index (χ1v) is 5.57. The molecule has 0 atom stereocenters. The molecule has 5 heteroatoms. The van der Waals surface area contributed by atoms with Crippen LogP contribution < -0.4 is 16.6 Å². The third-order valence-electron chi connectivity index (χ3n) is 2.20. The minimum Gasteiger partial charge on any atom is -0.325 e. The first-order chi connectivity index (χ1) is 8.02. The summed E-state index contributed by atoms with van der Waals surface area (Å²) >= 11 is 0. The highest BCUT2D eigenvalue weighted by atomic mass is 19.1. The Morgan fingerprint density at radius 3 is 2.76 bits per heavy atom. The molecule has 17 heavy (non-hydrogen) atoms. The molecule has 94 valence electrons. The summed E-state index contributed by atoms with van der Waals surface area (Å²) in [5, 5.41) is 2.97. The topological polar surface area (TPSA) is 62.4 Å². The number of hydrogen-bond donors (Lipinski definition) is 3. The third kappa shape index (κ3) is 4.40. The molecule has 0 bridgehead atoms. The minimum absolute atomic E-state index is 0.293. The van der Waals surface area contributed by atoms with Gasteiger partial charge < -0.3 is 5.32 Å². The molecular weight excluding hydrogens is 219 g/mol. The van der Waals surface area contributed by atoms with Crippen LogP contribution in [0.15, 0.2) is 23.2 Å². The van der Waals surface area contributed by atoms with Crippen LogP contribution in [-0.2, 0) is 0 Å². The maximum Gasteiger partial charge on any atom is 0.210 e. The molecule has 0 spiro atoms. The monoisotopic (exact) mass is 238 g/mol. The lowest BCUT2D eigenvalue weighted by molar-refractivity contribution is 0.628. The van der Waals surface area contributed by atoms with Crippen LogP contribution in [0.4, 0.5) is 10.1 Å². The van der Waals surface area contributed by atoms with E-state index in [9.17, 15) is 4.39 Å². The van der Waals surface area contributed by atoms with Gasteiger partial charge in [0.25, 0.3) is 0 Å². The molecule has 0 amide bonds. The molecule has 0 aliphatic carbocycles. The predicted octanol–water partition coefficient (Wildman–Crippen LogP) is 2.02. The Labute approximate surface area is 101 Å². The Balaban J connectivity index is 2.80. The summed E-state index contributed by atoms with van der Waals surface area (Å²) in [6.07, 6.45) is 0. The van der Waals surface area contributed by atoms with Gasteiger partial charge in [0.1, 0.15) is 5.82 Å². The molecule has 0 aliphatic rings. The van der Waals surface area contributed by atoms with Crippen molar-refractivity contribution in [3.05, 3.63) is 29.6 Å². The summed E-state index contributed by atoms with van der Waals surface area (Å²) in [5.74, 6) is 5.94. The largest absolute Gasteiger partial charge is 0.325 e. The lowest BCUT2D eigenvalue weighted by Gasteiger charge is -2.12. The fourth-order valence-electron chi connectivity index (χ4n) is 1.25. The van der Waals surface area contributed by atoms with Crippen molar-refractivity contribution in [3.8, 4) is 0 Å². The molecule has 0 fully saturated rings. The highest BCUT2D eigenvalue weighted by molar-refractivity contribution is 5.93. The van der Waals surface area contributed by atoms with Gasteiger partial charge in [0.05, 0.1) is 0 Å². The first-order valence-electron chi connectivity index (χ1n) is 5.57. The van der Waals surface area contributed by atoms with Gasteiger partial charge >= 0.3 is 0 Å². The van der Waals surface area contributed by atoms with Gasteiger partial charge in [-0.05, 0) is 30.5 Å². The van der Waals surface area contributed by atoms with Crippen LogP contribution in [-0.4, -0.2) is 12.5 Å². The zero-order chi connectivity index (χ0) is 12.8. The quantitative estimate of drug-likeness (QED) is 0.327. The van der Waals surface area contributed by atoms with Gasteiger partial charge in [-0.15, -0.1) is 0 Å². The average molecular weight is 238 g/mol. The van der Waals surface area contributed by atoms with Crippen LogP contribution in [0.5, 0.6) is 0 Å². The fourth-order valence-corrected chi connectivity index (χ4v) is 1.25. The van der Waals surface area contributed by atoms with E-state index in [1.807, 2.05) is 6.92 Å². The number of guanidine groups is 1. The standard InChI is InChI=1S/C12H19FN4/c1-8(2)7-15-12(17-14)16-11-6-10(13)5-4-9(11)3/h4-6,8H,7,14H2,1-3H3,(H2,15,16,17). The van der Waals surface area contributed by atoms with Crippen LogP contribution >= 0.6 is 0 Å². The van der Waals surface area contributed by atoms with Crippen molar-refractivity contribution in [2.75, 3.05) is 11.9 Å². The van der Waals surface area contributed by atoms with Gasteiger partial charge in [-0.2, -0.15) is 0 Å². The first kappa shape index (κ1) is 13.4. The molecule has 0 heterocycles. The van der Waals surface area contributed by atoms with Gasteiger partial charge in [0, 0.05) is 12.2 Å². The Hall–Kier alpha value is -1.62. The number of benzene rings is 1. The van der Waals surface area contributed by atoms with E-state index < -0.39 is 0 Å². The number of nitrogens with two attached hydrogens (primary N) is 1. The van der Waals surface area contributed by atoms with Gasteiger partial charge in [0.15, 0.2) is 0 Å². The van der Waals surface area contributed by atoms with Gasteiger partial charge in [-0.1, -0.05) is 19.9 Å². The second kappa shape index (κ2) is 6.20. The summed E-state index contributed by atoms with van der Waals surface area (Å²) < 4.78 is 13.1. The Bertz CT molecular complexity index is 401. The summed E-state index contributed by atoms with van der Waals surface area (Å²) in [7, 11) is 0. The molecule has 0 unspecified atom stereocenters. The molecule has 0 radical (unpaired) electrons. The van der Waals surface area contributed by atoms with Gasteiger partial charge in [-0.3, -0.25) is 10.4 Å². The summed E-state index contributed by atoms with van der Waals surface area (Å²) in [5.41, 5.74) is 4.06. The highest BCUT2D eigenvalue weighted by Crippen LogP contribution is 2.15. The highest BCUT2D eigenvalue weighted by Gasteiger charge is 2.03. The summed E-state index contributed by atoms with van der Waals surface area (Å²) in [6.45, 7) is 6.66. The van der Waals surface area contributed by atoms with Crippen molar-refractivity contribution < 1.29 is 4.39 Å². The molecule has 4 N–H and O–H groups in total. The van der Waals surface area contributed by atoms with Crippen LogP contribution in [0.3, 0.4) is 0 Å². The van der Waals surface area contributed by atoms with Crippen LogP contribution in [0.2, 0.25) is 0 Å². The zero-order valence-electron chi connectivity index (χ0n) is 10.4. The Morgan fingerprint density at radius 1 is 1.47 bits per heavy atom.